The molecule has 2 aromatic carbocycles. The highest BCUT2D eigenvalue weighted by Crippen LogP contribution is 2.33. The van der Waals surface area contributed by atoms with Crippen LogP contribution in [0.1, 0.15) is 50.8 Å². The van der Waals surface area contributed by atoms with E-state index in [1.54, 1.807) is 14.2 Å². The van der Waals surface area contributed by atoms with E-state index < -0.39 is 0 Å². The van der Waals surface area contributed by atoms with E-state index in [4.69, 9.17) is 4.74 Å². The molecule has 0 aromatic heterocycles. The van der Waals surface area contributed by atoms with Gasteiger partial charge in [0.2, 0.25) is 5.91 Å². The summed E-state index contributed by atoms with van der Waals surface area (Å²) in [6.07, 6.45) is 1.00. The minimum Gasteiger partial charge on any atom is -0.497 e. The largest absolute Gasteiger partial charge is 0.497 e. The summed E-state index contributed by atoms with van der Waals surface area (Å²) < 4.78 is 5.24. The molecule has 2 aromatic rings. The third kappa shape index (κ3) is 5.72. The summed E-state index contributed by atoms with van der Waals surface area (Å²) in [5.74, 6) is 0.534. The molecule has 1 aliphatic rings. The van der Waals surface area contributed by atoms with Crippen molar-refractivity contribution >= 4 is 17.5 Å². The molecule has 6 heteroatoms. The minimum absolute atomic E-state index is 0.00234. The predicted molar refractivity (Wildman–Crippen MR) is 122 cm³/mol. The number of likely N-dealkylation sites (N-methyl/N-ethyl adjacent to an activating group) is 1. The van der Waals surface area contributed by atoms with Crippen LogP contribution in [0.25, 0.3) is 0 Å². The molecule has 164 valence electrons. The van der Waals surface area contributed by atoms with Crippen molar-refractivity contribution in [3.63, 3.8) is 0 Å². The molecule has 0 spiro atoms. The van der Waals surface area contributed by atoms with Crippen LogP contribution in [-0.2, 0) is 9.59 Å². The van der Waals surface area contributed by atoms with Crippen molar-refractivity contribution in [3.8, 4) is 5.75 Å². The molecule has 0 N–H and O–H groups in total. The van der Waals surface area contributed by atoms with E-state index in [9.17, 15) is 9.59 Å². The van der Waals surface area contributed by atoms with E-state index in [0.717, 1.165) is 22.6 Å². The van der Waals surface area contributed by atoms with Gasteiger partial charge in [-0.15, -0.1) is 0 Å². The highest BCUT2D eigenvalue weighted by molar-refractivity contribution is 6.03. The van der Waals surface area contributed by atoms with Crippen molar-refractivity contribution in [2.75, 3.05) is 20.7 Å². The van der Waals surface area contributed by atoms with Gasteiger partial charge in [-0.1, -0.05) is 51.1 Å². The van der Waals surface area contributed by atoms with Crippen LogP contribution in [0.3, 0.4) is 0 Å². The second kappa shape index (κ2) is 9.33. The van der Waals surface area contributed by atoms with Gasteiger partial charge >= 0.3 is 0 Å². The normalized spacial score (nSPS) is 16.1. The Kier molecular flexibility index (Phi) is 6.78. The fourth-order valence-corrected chi connectivity index (χ4v) is 3.59. The summed E-state index contributed by atoms with van der Waals surface area (Å²) in [5, 5.41) is 6.22. The first kappa shape index (κ1) is 22.5. The zero-order valence-electron chi connectivity index (χ0n) is 19.0. The van der Waals surface area contributed by atoms with Gasteiger partial charge in [-0.05, 0) is 40.8 Å². The Morgan fingerprint density at radius 2 is 1.74 bits per heavy atom. The van der Waals surface area contributed by atoms with Crippen molar-refractivity contribution in [1.82, 2.24) is 9.91 Å². The SMILES string of the molecule is COc1ccc(C2=NN(C(=O)CN(C)C(=O)CC(C)(C)C)[C@H](c3ccccc3)C2)cc1. The van der Waals surface area contributed by atoms with Gasteiger partial charge in [0.15, 0.2) is 0 Å². The van der Waals surface area contributed by atoms with E-state index in [-0.39, 0.29) is 29.8 Å². The quantitative estimate of drug-likeness (QED) is 0.700. The van der Waals surface area contributed by atoms with Crippen LogP contribution in [0.4, 0.5) is 0 Å². The van der Waals surface area contributed by atoms with Crippen LogP contribution in [0.15, 0.2) is 59.7 Å². The van der Waals surface area contributed by atoms with Crippen LogP contribution in [0.2, 0.25) is 0 Å². The van der Waals surface area contributed by atoms with E-state index in [2.05, 4.69) is 5.10 Å². The first-order valence-corrected chi connectivity index (χ1v) is 10.5. The number of hydrogen-bond acceptors (Lipinski definition) is 4. The number of hydrazone groups is 1. The third-order valence-corrected chi connectivity index (χ3v) is 5.25. The van der Waals surface area contributed by atoms with Gasteiger partial charge in [0.25, 0.3) is 5.91 Å². The molecule has 0 radical (unpaired) electrons. The molecule has 3 rings (SSSR count). The number of benzene rings is 2. The van der Waals surface area contributed by atoms with Crippen molar-refractivity contribution < 1.29 is 14.3 Å². The van der Waals surface area contributed by atoms with E-state index in [1.165, 1.54) is 9.91 Å². The zero-order valence-corrected chi connectivity index (χ0v) is 19.0. The second-order valence-electron chi connectivity index (χ2n) is 9.13. The highest BCUT2D eigenvalue weighted by Gasteiger charge is 2.34. The van der Waals surface area contributed by atoms with Gasteiger partial charge in [-0.2, -0.15) is 5.10 Å². The Hall–Kier alpha value is -3.15. The summed E-state index contributed by atoms with van der Waals surface area (Å²) in [6, 6.07) is 17.4. The Balaban J connectivity index is 1.82. The van der Waals surface area contributed by atoms with Gasteiger partial charge in [-0.25, -0.2) is 5.01 Å². The fraction of sp³-hybridized carbons (Fsp3) is 0.400. The first-order valence-electron chi connectivity index (χ1n) is 10.5. The lowest BCUT2D eigenvalue weighted by atomic mass is 9.92. The maximum atomic E-state index is 13.2. The molecule has 2 amide bonds. The Morgan fingerprint density at radius 1 is 1.10 bits per heavy atom. The van der Waals surface area contributed by atoms with Crippen molar-refractivity contribution in [2.45, 2.75) is 39.7 Å². The molecule has 0 saturated heterocycles. The highest BCUT2D eigenvalue weighted by atomic mass is 16.5. The molecule has 0 fully saturated rings. The monoisotopic (exact) mass is 421 g/mol. The number of carbonyl (C=O) groups is 2. The van der Waals surface area contributed by atoms with Crippen LogP contribution in [0.5, 0.6) is 5.75 Å². The molecule has 31 heavy (non-hydrogen) atoms. The molecule has 6 nitrogen and oxygen atoms in total. The topological polar surface area (TPSA) is 62.2 Å². The summed E-state index contributed by atoms with van der Waals surface area (Å²) >= 11 is 0. The molecule has 0 bridgehead atoms. The van der Waals surface area contributed by atoms with Crippen molar-refractivity contribution in [2.24, 2.45) is 10.5 Å². The third-order valence-electron chi connectivity index (χ3n) is 5.25. The van der Waals surface area contributed by atoms with Crippen LogP contribution >= 0.6 is 0 Å². The Labute approximate surface area is 184 Å². The maximum Gasteiger partial charge on any atom is 0.262 e. The van der Waals surface area contributed by atoms with Crippen molar-refractivity contribution in [1.29, 1.82) is 0 Å². The molecule has 1 heterocycles. The standard InChI is InChI=1S/C25H31N3O3/c1-25(2,3)16-23(29)27(4)17-24(30)28-22(19-9-7-6-8-10-19)15-21(26-28)18-11-13-20(31-5)14-12-18/h6-14,22H,15-17H2,1-5H3/t22-/m0/s1. The number of ether oxygens (including phenoxy) is 1. The minimum atomic E-state index is -0.197. The number of hydrogen-bond donors (Lipinski definition) is 0. The van der Waals surface area contributed by atoms with Gasteiger partial charge in [0, 0.05) is 19.9 Å². The van der Waals surface area contributed by atoms with Gasteiger partial charge in [-0.3, -0.25) is 9.59 Å². The predicted octanol–water partition coefficient (Wildman–Crippen LogP) is 4.27. The number of rotatable bonds is 6. The number of nitrogens with zero attached hydrogens (tertiary/aromatic N) is 3. The zero-order chi connectivity index (χ0) is 22.6. The van der Waals surface area contributed by atoms with Gasteiger partial charge < -0.3 is 9.64 Å². The fourth-order valence-electron chi connectivity index (χ4n) is 3.59. The van der Waals surface area contributed by atoms with E-state index >= 15 is 0 Å². The average molecular weight is 422 g/mol. The molecule has 0 unspecified atom stereocenters. The number of amides is 2. The van der Waals surface area contributed by atoms with Gasteiger partial charge in [0.05, 0.1) is 18.9 Å². The van der Waals surface area contributed by atoms with E-state index in [0.29, 0.717) is 12.8 Å². The maximum absolute atomic E-state index is 13.2. The summed E-state index contributed by atoms with van der Waals surface area (Å²) in [4.78, 5) is 27.2. The molecule has 0 aliphatic carbocycles. The molecule has 0 saturated carbocycles. The second-order valence-corrected chi connectivity index (χ2v) is 9.13. The van der Waals surface area contributed by atoms with Crippen molar-refractivity contribution in [3.05, 3.63) is 65.7 Å². The number of methoxy groups -OCH3 is 1. The molecule has 1 atom stereocenters. The van der Waals surface area contributed by atoms with Crippen LogP contribution in [-0.4, -0.2) is 48.1 Å². The lowest BCUT2D eigenvalue weighted by Gasteiger charge is -2.26. The first-order chi connectivity index (χ1) is 14.7. The van der Waals surface area contributed by atoms with E-state index in [1.807, 2.05) is 75.4 Å². The Bertz CT molecular complexity index is 946. The molecular formula is C25H31N3O3. The summed E-state index contributed by atoms with van der Waals surface area (Å²) in [7, 11) is 3.30. The Morgan fingerprint density at radius 3 is 2.32 bits per heavy atom. The molecular weight excluding hydrogens is 390 g/mol. The summed E-state index contributed by atoms with van der Waals surface area (Å²) in [6.45, 7) is 6.03. The lowest BCUT2D eigenvalue weighted by Crippen LogP contribution is -2.40. The lowest BCUT2D eigenvalue weighted by molar-refractivity contribution is -0.141. The van der Waals surface area contributed by atoms with Crippen LogP contribution < -0.4 is 4.74 Å². The van der Waals surface area contributed by atoms with Gasteiger partial charge in [0.1, 0.15) is 12.3 Å². The molecule has 1 aliphatic heterocycles. The smallest absolute Gasteiger partial charge is 0.262 e. The van der Waals surface area contributed by atoms with Crippen LogP contribution in [0, 0.1) is 5.41 Å². The number of carbonyl (C=O) groups excluding carboxylic acids is 2. The average Bonchev–Trinajstić information content (AvgIpc) is 3.19. The summed E-state index contributed by atoms with van der Waals surface area (Å²) in [5.41, 5.74) is 2.68.